The largest absolute Gasteiger partial charge is 0.354 e. The summed E-state index contributed by atoms with van der Waals surface area (Å²) in [4.78, 5) is 4.81. The Hall–Kier alpha value is -0.120. The number of hydrogen-bond acceptors (Lipinski definition) is 3. The van der Waals surface area contributed by atoms with E-state index in [1.165, 1.54) is 0 Å². The summed E-state index contributed by atoms with van der Waals surface area (Å²) >= 11 is 0. The predicted molar refractivity (Wildman–Crippen MR) is 35.9 cm³/mol. The lowest BCUT2D eigenvalue weighted by molar-refractivity contribution is -0.0971. The Bertz CT molecular complexity index is 44.3. The Morgan fingerprint density at radius 1 is 1.33 bits per heavy atom. The Morgan fingerprint density at radius 2 is 2.11 bits per heavy atom. The van der Waals surface area contributed by atoms with E-state index in [-0.39, 0.29) is 0 Å². The molecule has 0 saturated heterocycles. The molecule has 0 aliphatic carbocycles. The lowest BCUT2D eigenvalue weighted by Gasteiger charge is -2.02. The van der Waals surface area contributed by atoms with Crippen molar-refractivity contribution < 1.29 is 9.57 Å². The minimum absolute atomic E-state index is 0.349. The molecule has 0 heterocycles. The summed E-state index contributed by atoms with van der Waals surface area (Å²) in [6.45, 7) is 5.97. The van der Waals surface area contributed by atoms with Crippen LogP contribution in [0.5, 0.6) is 0 Å². The van der Waals surface area contributed by atoms with Crippen molar-refractivity contribution in [1.29, 1.82) is 0 Å². The van der Waals surface area contributed by atoms with Gasteiger partial charge in [0.1, 0.15) is 0 Å². The van der Waals surface area contributed by atoms with Gasteiger partial charge in [-0.05, 0) is 6.42 Å². The normalized spacial score (nSPS) is 10.0. The van der Waals surface area contributed by atoms with Gasteiger partial charge in [0, 0.05) is 13.2 Å². The van der Waals surface area contributed by atoms with Crippen LogP contribution < -0.4 is 5.48 Å². The van der Waals surface area contributed by atoms with E-state index in [1.54, 1.807) is 0 Å². The van der Waals surface area contributed by atoms with Crippen molar-refractivity contribution in [2.24, 2.45) is 0 Å². The molecule has 0 saturated carbocycles. The molecular formula is C6H15NO2. The minimum Gasteiger partial charge on any atom is -0.354 e. The van der Waals surface area contributed by atoms with Crippen molar-refractivity contribution in [2.45, 2.75) is 20.3 Å². The average molecular weight is 133 g/mol. The topological polar surface area (TPSA) is 30.5 Å². The number of ether oxygens (including phenoxy) is 1. The summed E-state index contributed by atoms with van der Waals surface area (Å²) in [5.74, 6) is 0. The molecule has 0 bridgehead atoms. The van der Waals surface area contributed by atoms with Gasteiger partial charge in [0.2, 0.25) is 0 Å². The Morgan fingerprint density at radius 3 is 2.67 bits per heavy atom. The van der Waals surface area contributed by atoms with Crippen LogP contribution >= 0.6 is 0 Å². The van der Waals surface area contributed by atoms with Crippen LogP contribution in [0, 0.1) is 0 Å². The second-order valence-corrected chi connectivity index (χ2v) is 1.67. The second kappa shape index (κ2) is 7.88. The van der Waals surface area contributed by atoms with Crippen LogP contribution in [0.1, 0.15) is 20.3 Å². The maximum Gasteiger partial charge on any atom is 0.166 e. The first-order chi connectivity index (χ1) is 4.41. The third kappa shape index (κ3) is 7.88. The molecule has 3 nitrogen and oxygen atoms in total. The van der Waals surface area contributed by atoms with Crippen LogP contribution in [0.25, 0.3) is 0 Å². The quantitative estimate of drug-likeness (QED) is 0.332. The molecule has 0 amide bonds. The average Bonchev–Trinajstić information content (AvgIpc) is 1.89. The summed E-state index contributed by atoms with van der Waals surface area (Å²) < 4.78 is 5.00. The van der Waals surface area contributed by atoms with E-state index >= 15 is 0 Å². The molecule has 0 aromatic carbocycles. The molecule has 56 valence electrons. The lowest BCUT2D eigenvalue weighted by Crippen LogP contribution is -2.15. The fourth-order valence-corrected chi connectivity index (χ4v) is 0.389. The molecule has 0 rings (SSSR count). The van der Waals surface area contributed by atoms with E-state index in [0.717, 1.165) is 19.6 Å². The van der Waals surface area contributed by atoms with Crippen LogP contribution in [0.3, 0.4) is 0 Å². The zero-order chi connectivity index (χ0) is 6.95. The van der Waals surface area contributed by atoms with Gasteiger partial charge in [0.25, 0.3) is 0 Å². The molecule has 0 aliphatic rings. The summed E-state index contributed by atoms with van der Waals surface area (Å²) in [5, 5.41) is 0. The van der Waals surface area contributed by atoms with E-state index in [9.17, 15) is 0 Å². The predicted octanol–water partition coefficient (Wildman–Crippen LogP) is 0.912. The maximum atomic E-state index is 5.00. The van der Waals surface area contributed by atoms with Gasteiger partial charge in [0.05, 0.1) is 0 Å². The molecular weight excluding hydrogens is 118 g/mol. The van der Waals surface area contributed by atoms with Crippen molar-refractivity contribution in [3.05, 3.63) is 0 Å². The van der Waals surface area contributed by atoms with Crippen LogP contribution in [-0.2, 0) is 9.57 Å². The van der Waals surface area contributed by atoms with Crippen molar-refractivity contribution in [3.63, 3.8) is 0 Å². The van der Waals surface area contributed by atoms with Crippen LogP contribution in [0.4, 0.5) is 0 Å². The molecule has 0 radical (unpaired) electrons. The molecule has 1 N–H and O–H groups in total. The van der Waals surface area contributed by atoms with E-state index in [2.05, 4.69) is 12.4 Å². The van der Waals surface area contributed by atoms with Crippen molar-refractivity contribution in [2.75, 3.05) is 19.9 Å². The first-order valence-electron chi connectivity index (χ1n) is 3.34. The Kier molecular flexibility index (Phi) is 7.77. The van der Waals surface area contributed by atoms with Crippen LogP contribution in [-0.4, -0.2) is 19.9 Å². The molecule has 0 aromatic rings. The highest BCUT2D eigenvalue weighted by atomic mass is 16.7. The molecule has 3 heteroatoms. The highest BCUT2D eigenvalue weighted by molar-refractivity contribution is 4.19. The number of nitrogens with one attached hydrogen (secondary N) is 1. The molecule has 0 spiro atoms. The van der Waals surface area contributed by atoms with Gasteiger partial charge < -0.3 is 4.74 Å². The SMILES string of the molecule is CCCOCONCC. The highest BCUT2D eigenvalue weighted by Gasteiger charge is 1.82. The molecule has 0 aliphatic heterocycles. The maximum absolute atomic E-state index is 5.00. The zero-order valence-corrected chi connectivity index (χ0v) is 6.14. The first-order valence-corrected chi connectivity index (χ1v) is 3.34. The van der Waals surface area contributed by atoms with Gasteiger partial charge in [-0.1, -0.05) is 13.8 Å². The van der Waals surface area contributed by atoms with Crippen molar-refractivity contribution in [1.82, 2.24) is 5.48 Å². The number of hydrogen-bond donors (Lipinski definition) is 1. The first kappa shape index (κ1) is 8.88. The third-order valence-electron chi connectivity index (χ3n) is 0.737. The van der Waals surface area contributed by atoms with Gasteiger partial charge in [-0.2, -0.15) is 0 Å². The zero-order valence-electron chi connectivity index (χ0n) is 6.14. The molecule has 0 atom stereocenters. The second-order valence-electron chi connectivity index (χ2n) is 1.67. The van der Waals surface area contributed by atoms with E-state index in [4.69, 9.17) is 9.57 Å². The van der Waals surface area contributed by atoms with E-state index < -0.39 is 0 Å². The molecule has 9 heavy (non-hydrogen) atoms. The summed E-state index contributed by atoms with van der Waals surface area (Å²) in [5.41, 5.74) is 2.68. The van der Waals surface area contributed by atoms with E-state index in [0.29, 0.717) is 6.79 Å². The lowest BCUT2D eigenvalue weighted by atomic mass is 10.5. The smallest absolute Gasteiger partial charge is 0.166 e. The monoisotopic (exact) mass is 133 g/mol. The van der Waals surface area contributed by atoms with Gasteiger partial charge in [-0.15, -0.1) is 0 Å². The summed E-state index contributed by atoms with van der Waals surface area (Å²) in [6, 6.07) is 0. The van der Waals surface area contributed by atoms with Crippen LogP contribution in [0.15, 0.2) is 0 Å². The fourth-order valence-electron chi connectivity index (χ4n) is 0.389. The van der Waals surface area contributed by atoms with Gasteiger partial charge in [0.15, 0.2) is 6.79 Å². The molecule has 0 fully saturated rings. The van der Waals surface area contributed by atoms with Gasteiger partial charge in [-0.3, -0.25) is 4.84 Å². The fraction of sp³-hybridized carbons (Fsp3) is 1.00. The Balaban J connectivity index is 2.60. The van der Waals surface area contributed by atoms with Gasteiger partial charge >= 0.3 is 0 Å². The minimum atomic E-state index is 0.349. The van der Waals surface area contributed by atoms with Crippen LogP contribution in [0.2, 0.25) is 0 Å². The standard InChI is InChI=1S/C6H15NO2/c1-3-5-8-6-9-7-4-2/h7H,3-6H2,1-2H3. The Labute approximate surface area is 56.3 Å². The summed E-state index contributed by atoms with van der Waals surface area (Å²) in [7, 11) is 0. The van der Waals surface area contributed by atoms with Crippen molar-refractivity contribution >= 4 is 0 Å². The highest BCUT2D eigenvalue weighted by Crippen LogP contribution is 1.78. The summed E-state index contributed by atoms with van der Waals surface area (Å²) in [6.07, 6.45) is 1.04. The number of rotatable bonds is 6. The third-order valence-corrected chi connectivity index (χ3v) is 0.737. The van der Waals surface area contributed by atoms with E-state index in [1.807, 2.05) is 6.92 Å². The molecule has 0 unspecified atom stereocenters. The number of hydroxylamine groups is 1. The molecule has 0 aromatic heterocycles. The van der Waals surface area contributed by atoms with Crippen molar-refractivity contribution in [3.8, 4) is 0 Å². The van der Waals surface area contributed by atoms with Gasteiger partial charge in [-0.25, -0.2) is 5.48 Å².